The van der Waals surface area contributed by atoms with Crippen LogP contribution in [0.3, 0.4) is 0 Å². The van der Waals surface area contributed by atoms with E-state index in [-0.39, 0.29) is 12.6 Å². The first-order valence-corrected chi connectivity index (χ1v) is 9.09. The summed E-state index contributed by atoms with van der Waals surface area (Å²) in [6, 6.07) is 7.01. The van der Waals surface area contributed by atoms with E-state index in [9.17, 15) is 14.4 Å². The maximum atomic E-state index is 12.5. The number of benzene rings is 1. The molecule has 1 aliphatic heterocycles. The number of rotatable bonds is 8. The Morgan fingerprint density at radius 3 is 2.63 bits per heavy atom. The summed E-state index contributed by atoms with van der Waals surface area (Å²) in [7, 11) is 1.61. The van der Waals surface area contributed by atoms with Crippen LogP contribution in [0.2, 0.25) is 0 Å². The number of hydrazine groups is 1. The third-order valence-electron chi connectivity index (χ3n) is 5.08. The van der Waals surface area contributed by atoms with Crippen molar-refractivity contribution < 1.29 is 19.1 Å². The second-order valence-electron chi connectivity index (χ2n) is 6.81. The fraction of sp³-hybridized carbons (Fsp3) is 0.526. The van der Waals surface area contributed by atoms with Crippen LogP contribution in [0.15, 0.2) is 24.3 Å². The molecule has 0 spiro atoms. The summed E-state index contributed by atoms with van der Waals surface area (Å²) in [5.41, 5.74) is 2.46. The molecule has 0 bridgehead atoms. The number of likely N-dealkylation sites (N-methyl/N-ethyl adjacent to an activating group) is 1. The lowest BCUT2D eigenvalue weighted by Crippen LogP contribution is -2.51. The number of methoxy groups -OCH3 is 1. The average Bonchev–Trinajstić information content (AvgIpc) is 2.89. The van der Waals surface area contributed by atoms with Crippen molar-refractivity contribution in [2.45, 2.75) is 45.7 Å². The van der Waals surface area contributed by atoms with Crippen LogP contribution in [0, 0.1) is 0 Å². The first kappa shape index (κ1) is 20.7. The summed E-state index contributed by atoms with van der Waals surface area (Å²) < 4.78 is 5.26. The van der Waals surface area contributed by atoms with Gasteiger partial charge in [-0.1, -0.05) is 26.0 Å². The fourth-order valence-corrected chi connectivity index (χ4v) is 3.00. The Bertz CT molecular complexity index is 723. The summed E-state index contributed by atoms with van der Waals surface area (Å²) in [5.74, 6) is -0.124. The molecule has 1 heterocycles. The number of nitrogens with one attached hydrogen (secondary N) is 2. The van der Waals surface area contributed by atoms with Crippen LogP contribution in [-0.4, -0.2) is 53.5 Å². The molecule has 1 aromatic carbocycles. The van der Waals surface area contributed by atoms with E-state index in [1.54, 1.807) is 21.0 Å². The number of hydrogen-bond acceptors (Lipinski definition) is 5. The van der Waals surface area contributed by atoms with Gasteiger partial charge in [-0.05, 0) is 44.5 Å². The predicted octanol–water partition coefficient (Wildman–Crippen LogP) is 1.83. The molecule has 4 amide bonds. The van der Waals surface area contributed by atoms with E-state index in [4.69, 9.17) is 4.74 Å². The molecular formula is C19H28N4O4. The highest BCUT2D eigenvalue weighted by atomic mass is 16.5. The van der Waals surface area contributed by atoms with Crippen molar-refractivity contribution >= 4 is 17.8 Å². The molecule has 2 N–H and O–H groups in total. The summed E-state index contributed by atoms with van der Waals surface area (Å²) in [5, 5.41) is 3.38. The van der Waals surface area contributed by atoms with Gasteiger partial charge in [0, 0.05) is 6.04 Å². The van der Waals surface area contributed by atoms with Crippen molar-refractivity contribution in [3.8, 4) is 5.75 Å². The molecule has 1 fully saturated rings. The second kappa shape index (κ2) is 8.39. The van der Waals surface area contributed by atoms with Crippen LogP contribution in [0.25, 0.3) is 0 Å². The smallest absolute Gasteiger partial charge is 0.344 e. The second-order valence-corrected chi connectivity index (χ2v) is 6.81. The molecule has 1 saturated heterocycles. The third kappa shape index (κ3) is 4.39. The molecule has 0 aromatic heterocycles. The number of amides is 4. The van der Waals surface area contributed by atoms with E-state index in [1.807, 2.05) is 43.0 Å². The van der Waals surface area contributed by atoms with Crippen LogP contribution in [-0.2, 0) is 9.59 Å². The van der Waals surface area contributed by atoms with Gasteiger partial charge >= 0.3 is 6.03 Å². The number of carbonyl (C=O) groups excluding carboxylic acids is 3. The van der Waals surface area contributed by atoms with Gasteiger partial charge < -0.3 is 10.1 Å². The standard InChI is InChI=1S/C19H28N4O4/c1-6-19(4)17(25)23(18(26)20-19)21-16(24)12-22(7-2)13(3)14-9-8-10-15(11-14)27-5/h8-11,13H,6-7,12H2,1-5H3,(H,20,26)(H,21,24). The van der Waals surface area contributed by atoms with E-state index in [0.29, 0.717) is 13.0 Å². The highest BCUT2D eigenvalue weighted by Crippen LogP contribution is 2.24. The van der Waals surface area contributed by atoms with Gasteiger partial charge in [0.1, 0.15) is 11.3 Å². The van der Waals surface area contributed by atoms with Gasteiger partial charge in [0.05, 0.1) is 13.7 Å². The zero-order chi connectivity index (χ0) is 20.2. The third-order valence-corrected chi connectivity index (χ3v) is 5.08. The fourth-order valence-electron chi connectivity index (χ4n) is 3.00. The highest BCUT2D eigenvalue weighted by Gasteiger charge is 2.47. The zero-order valence-electron chi connectivity index (χ0n) is 16.5. The first-order chi connectivity index (χ1) is 12.8. The number of ether oxygens (including phenoxy) is 1. The SMILES string of the molecule is CCN(CC(=O)NN1C(=O)NC(C)(CC)C1=O)C(C)c1cccc(OC)c1. The van der Waals surface area contributed by atoms with E-state index in [2.05, 4.69) is 10.7 Å². The van der Waals surface area contributed by atoms with Crippen LogP contribution in [0.5, 0.6) is 5.75 Å². The molecular weight excluding hydrogens is 348 g/mol. The van der Waals surface area contributed by atoms with E-state index < -0.39 is 23.4 Å². The monoisotopic (exact) mass is 376 g/mol. The average molecular weight is 376 g/mol. The number of nitrogens with zero attached hydrogens (tertiary/aromatic N) is 2. The van der Waals surface area contributed by atoms with Crippen molar-refractivity contribution in [1.82, 2.24) is 20.7 Å². The molecule has 2 rings (SSSR count). The summed E-state index contributed by atoms with van der Waals surface area (Å²) >= 11 is 0. The normalized spacial score (nSPS) is 20.6. The lowest BCUT2D eigenvalue weighted by atomic mass is 10.00. The van der Waals surface area contributed by atoms with Gasteiger partial charge in [0.25, 0.3) is 11.8 Å². The minimum Gasteiger partial charge on any atom is -0.497 e. The molecule has 2 unspecified atom stereocenters. The van der Waals surface area contributed by atoms with Crippen molar-refractivity contribution in [1.29, 1.82) is 0 Å². The lowest BCUT2D eigenvalue weighted by molar-refractivity contribution is -0.139. The molecule has 0 radical (unpaired) electrons. The maximum absolute atomic E-state index is 12.5. The van der Waals surface area contributed by atoms with E-state index in [1.165, 1.54) is 0 Å². The zero-order valence-corrected chi connectivity index (χ0v) is 16.5. The largest absolute Gasteiger partial charge is 0.497 e. The number of imide groups is 1. The van der Waals surface area contributed by atoms with Gasteiger partial charge in [0.15, 0.2) is 0 Å². The van der Waals surface area contributed by atoms with Gasteiger partial charge in [-0.2, -0.15) is 5.01 Å². The number of hydrogen-bond donors (Lipinski definition) is 2. The minimum atomic E-state index is -0.983. The summed E-state index contributed by atoms with van der Waals surface area (Å²) in [4.78, 5) is 38.8. The topological polar surface area (TPSA) is 91.0 Å². The van der Waals surface area contributed by atoms with Crippen molar-refractivity contribution in [3.05, 3.63) is 29.8 Å². The molecule has 2 atom stereocenters. The number of carbonyl (C=O) groups is 3. The first-order valence-electron chi connectivity index (χ1n) is 9.09. The minimum absolute atomic E-state index is 0.0418. The number of urea groups is 1. The van der Waals surface area contributed by atoms with Gasteiger partial charge in [-0.25, -0.2) is 4.79 Å². The van der Waals surface area contributed by atoms with Gasteiger partial charge in [-0.3, -0.25) is 19.9 Å². The molecule has 1 aliphatic rings. The lowest BCUT2D eigenvalue weighted by Gasteiger charge is -2.28. The van der Waals surface area contributed by atoms with Gasteiger partial charge in [0.2, 0.25) is 0 Å². The molecule has 1 aromatic rings. The quantitative estimate of drug-likeness (QED) is 0.676. The van der Waals surface area contributed by atoms with Crippen LogP contribution >= 0.6 is 0 Å². The molecule has 0 saturated carbocycles. The molecule has 0 aliphatic carbocycles. The summed E-state index contributed by atoms with van der Waals surface area (Å²) in [6.45, 7) is 8.06. The van der Waals surface area contributed by atoms with Crippen LogP contribution in [0.4, 0.5) is 4.79 Å². The molecule has 27 heavy (non-hydrogen) atoms. The summed E-state index contributed by atoms with van der Waals surface area (Å²) in [6.07, 6.45) is 0.442. The van der Waals surface area contributed by atoms with Crippen molar-refractivity contribution in [2.75, 3.05) is 20.2 Å². The molecule has 148 valence electrons. The Morgan fingerprint density at radius 1 is 1.37 bits per heavy atom. The van der Waals surface area contributed by atoms with Crippen LogP contribution < -0.4 is 15.5 Å². The Labute approximate surface area is 159 Å². The van der Waals surface area contributed by atoms with Gasteiger partial charge in [-0.15, -0.1) is 0 Å². The molecule has 8 heteroatoms. The van der Waals surface area contributed by atoms with Crippen molar-refractivity contribution in [2.24, 2.45) is 0 Å². The molecule has 8 nitrogen and oxygen atoms in total. The maximum Gasteiger partial charge on any atom is 0.344 e. The Hall–Kier alpha value is -2.61. The van der Waals surface area contributed by atoms with Crippen LogP contribution in [0.1, 0.15) is 45.7 Å². The van der Waals surface area contributed by atoms with E-state index >= 15 is 0 Å². The highest BCUT2D eigenvalue weighted by molar-refractivity contribution is 6.07. The predicted molar refractivity (Wildman–Crippen MR) is 101 cm³/mol. The Balaban J connectivity index is 2.04. The Morgan fingerprint density at radius 2 is 2.07 bits per heavy atom. The van der Waals surface area contributed by atoms with Crippen molar-refractivity contribution in [3.63, 3.8) is 0 Å². The Kier molecular flexibility index (Phi) is 6.43. The van der Waals surface area contributed by atoms with E-state index in [0.717, 1.165) is 16.3 Å².